The zero-order chi connectivity index (χ0) is 23.2. The number of benzene rings is 2. The highest BCUT2D eigenvalue weighted by Gasteiger charge is 2.55. The summed E-state index contributed by atoms with van der Waals surface area (Å²) in [5.41, 5.74) is 2.26. The molecule has 6 nitrogen and oxygen atoms in total. The first-order valence-corrected chi connectivity index (χ1v) is 11.5. The maximum atomic E-state index is 14.8. The molecule has 1 N–H and O–H groups in total. The molecule has 1 amide bonds. The lowest BCUT2D eigenvalue weighted by molar-refractivity contribution is -0.142. The van der Waals surface area contributed by atoms with E-state index in [0.717, 1.165) is 45.2 Å². The highest BCUT2D eigenvalue weighted by atomic mass is 19.1. The van der Waals surface area contributed by atoms with Crippen LogP contribution in [0.2, 0.25) is 0 Å². The van der Waals surface area contributed by atoms with Crippen molar-refractivity contribution in [2.75, 3.05) is 26.8 Å². The topological polar surface area (TPSA) is 76.1 Å². The fourth-order valence-electron chi connectivity index (χ4n) is 5.49. The van der Waals surface area contributed by atoms with E-state index < -0.39 is 11.8 Å². The predicted molar refractivity (Wildman–Crippen MR) is 120 cm³/mol. The summed E-state index contributed by atoms with van der Waals surface area (Å²) in [6.45, 7) is 2.24. The Balaban J connectivity index is 1.28. The van der Waals surface area contributed by atoms with Crippen molar-refractivity contribution in [3.8, 4) is 16.9 Å². The van der Waals surface area contributed by atoms with E-state index in [1.54, 1.807) is 0 Å². The number of carbonyl (C=O) groups is 2. The summed E-state index contributed by atoms with van der Waals surface area (Å²) in [5.74, 6) is -1.20. The van der Waals surface area contributed by atoms with Crippen molar-refractivity contribution in [3.05, 3.63) is 53.3 Å². The summed E-state index contributed by atoms with van der Waals surface area (Å²) in [6, 6.07) is 10.3. The number of carbonyl (C=O) groups excluding carboxylic acids is 1. The number of carboxylic acids is 1. The minimum absolute atomic E-state index is 0.0159. The van der Waals surface area contributed by atoms with Gasteiger partial charge in [0.2, 0.25) is 0 Å². The monoisotopic (exact) mass is 453 g/mol. The van der Waals surface area contributed by atoms with Crippen molar-refractivity contribution in [1.29, 1.82) is 0 Å². The number of rotatable bonds is 5. The van der Waals surface area contributed by atoms with Crippen molar-refractivity contribution < 1.29 is 28.6 Å². The van der Waals surface area contributed by atoms with Gasteiger partial charge in [-0.25, -0.2) is 9.18 Å². The van der Waals surface area contributed by atoms with Gasteiger partial charge in [0.05, 0.1) is 12.7 Å². The summed E-state index contributed by atoms with van der Waals surface area (Å²) in [7, 11) is 1.32. The molecule has 2 aromatic rings. The fourth-order valence-corrected chi connectivity index (χ4v) is 5.49. The molecule has 2 aliphatic heterocycles. The third kappa shape index (κ3) is 3.99. The molecular formula is C26H28FNO5. The Hall–Kier alpha value is -2.93. The van der Waals surface area contributed by atoms with Crippen LogP contribution in [0.25, 0.3) is 11.1 Å². The molecule has 0 bridgehead atoms. The van der Waals surface area contributed by atoms with E-state index in [0.29, 0.717) is 18.1 Å². The molecule has 3 fully saturated rings. The Morgan fingerprint density at radius 2 is 1.91 bits per heavy atom. The second-order valence-corrected chi connectivity index (χ2v) is 9.41. The van der Waals surface area contributed by atoms with Gasteiger partial charge < -0.3 is 19.5 Å². The van der Waals surface area contributed by atoms with Gasteiger partial charge in [0.15, 0.2) is 11.6 Å². The predicted octanol–water partition coefficient (Wildman–Crippen LogP) is 4.47. The van der Waals surface area contributed by atoms with Gasteiger partial charge in [0, 0.05) is 25.3 Å². The largest absolute Gasteiger partial charge is 0.494 e. The molecule has 1 spiro atoms. The number of nitrogens with zero attached hydrogens (tertiary/aromatic N) is 1. The summed E-state index contributed by atoms with van der Waals surface area (Å²) in [5, 5.41) is 9.34. The Morgan fingerprint density at radius 1 is 1.18 bits per heavy atom. The minimum Gasteiger partial charge on any atom is -0.494 e. The average molecular weight is 454 g/mol. The molecule has 1 saturated carbocycles. The molecule has 2 saturated heterocycles. The quantitative estimate of drug-likeness (QED) is 0.723. The normalized spacial score (nSPS) is 23.5. The van der Waals surface area contributed by atoms with E-state index in [1.807, 2.05) is 29.2 Å². The molecule has 0 aromatic heterocycles. The summed E-state index contributed by atoms with van der Waals surface area (Å²) < 4.78 is 25.4. The Labute approximate surface area is 192 Å². The molecule has 33 heavy (non-hydrogen) atoms. The van der Waals surface area contributed by atoms with Gasteiger partial charge in [-0.3, -0.25) is 4.79 Å². The molecule has 0 radical (unpaired) electrons. The van der Waals surface area contributed by atoms with Crippen molar-refractivity contribution in [1.82, 2.24) is 4.90 Å². The molecule has 2 atom stereocenters. The van der Waals surface area contributed by atoms with Crippen LogP contribution in [0.1, 0.15) is 53.9 Å². The number of carboxylic acid groups (broad SMARTS) is 1. The van der Waals surface area contributed by atoms with E-state index in [2.05, 4.69) is 0 Å². The van der Waals surface area contributed by atoms with Crippen LogP contribution in [-0.2, 0) is 9.53 Å². The third-order valence-corrected chi connectivity index (χ3v) is 7.60. The number of hydrogen-bond acceptors (Lipinski definition) is 4. The standard InChI is InChI=1S/C26H28FNO5/c1-32-22-14-18(25(30)31)13-19(23(22)27)16-4-6-17(7-5-16)20-15-26(20)8-10-28(11-9-26)24(29)21-3-2-12-33-21/h4-7,13-14,20-21H,2-3,8-12,15H2,1H3,(H,30,31)/t20-,21?/m1/s1. The first-order chi connectivity index (χ1) is 15.9. The number of methoxy groups -OCH3 is 1. The molecule has 174 valence electrons. The van der Waals surface area contributed by atoms with Crippen molar-refractivity contribution in [2.24, 2.45) is 5.41 Å². The Kier molecular flexibility index (Phi) is 5.60. The Bertz CT molecular complexity index is 1070. The lowest BCUT2D eigenvalue weighted by Crippen LogP contribution is -2.44. The molecule has 2 aromatic carbocycles. The lowest BCUT2D eigenvalue weighted by Gasteiger charge is -2.34. The SMILES string of the molecule is COc1cc(C(=O)O)cc(-c2ccc([C@H]3CC34CCN(C(=O)C3CCCO3)CC4)cc2)c1F. The smallest absolute Gasteiger partial charge is 0.335 e. The first kappa shape index (κ1) is 21.9. The second-order valence-electron chi connectivity index (χ2n) is 9.41. The number of halogens is 1. The highest BCUT2D eigenvalue weighted by Crippen LogP contribution is 2.65. The van der Waals surface area contributed by atoms with Gasteiger partial charge in [0.25, 0.3) is 5.91 Å². The van der Waals surface area contributed by atoms with E-state index in [-0.39, 0.29) is 34.3 Å². The second kappa shape index (κ2) is 8.45. The van der Waals surface area contributed by atoms with Gasteiger partial charge in [0.1, 0.15) is 6.10 Å². The first-order valence-electron chi connectivity index (χ1n) is 11.5. The van der Waals surface area contributed by atoms with Gasteiger partial charge in [-0.15, -0.1) is 0 Å². The molecule has 3 aliphatic rings. The molecule has 1 aliphatic carbocycles. The van der Waals surface area contributed by atoms with Gasteiger partial charge in [-0.05, 0) is 66.7 Å². The lowest BCUT2D eigenvalue weighted by atomic mass is 9.88. The number of aromatic carboxylic acids is 1. The molecule has 2 heterocycles. The van der Waals surface area contributed by atoms with E-state index in [4.69, 9.17) is 9.47 Å². The number of hydrogen-bond donors (Lipinski definition) is 1. The molecule has 7 heteroatoms. The van der Waals surface area contributed by atoms with Crippen LogP contribution < -0.4 is 4.74 Å². The number of likely N-dealkylation sites (tertiary alicyclic amines) is 1. The van der Waals surface area contributed by atoms with E-state index >= 15 is 0 Å². The van der Waals surface area contributed by atoms with Crippen molar-refractivity contribution >= 4 is 11.9 Å². The van der Waals surface area contributed by atoms with Crippen LogP contribution in [0.5, 0.6) is 5.75 Å². The molecule has 1 unspecified atom stereocenters. The number of amides is 1. The highest BCUT2D eigenvalue weighted by molar-refractivity contribution is 5.90. The van der Waals surface area contributed by atoms with Crippen LogP contribution in [-0.4, -0.2) is 54.8 Å². The molecule has 5 rings (SSSR count). The summed E-state index contributed by atoms with van der Waals surface area (Å²) in [6.07, 6.45) is 4.63. The molecular weight excluding hydrogens is 425 g/mol. The maximum absolute atomic E-state index is 14.8. The van der Waals surface area contributed by atoms with Crippen LogP contribution in [0.15, 0.2) is 36.4 Å². The number of piperidine rings is 1. The van der Waals surface area contributed by atoms with Crippen LogP contribution in [0.3, 0.4) is 0 Å². The minimum atomic E-state index is -1.13. The zero-order valence-electron chi connectivity index (χ0n) is 18.7. The van der Waals surface area contributed by atoms with Gasteiger partial charge in [-0.2, -0.15) is 0 Å². The Morgan fingerprint density at radius 3 is 2.52 bits per heavy atom. The maximum Gasteiger partial charge on any atom is 0.335 e. The van der Waals surface area contributed by atoms with Crippen molar-refractivity contribution in [2.45, 2.75) is 44.1 Å². The summed E-state index contributed by atoms with van der Waals surface area (Å²) >= 11 is 0. The third-order valence-electron chi connectivity index (χ3n) is 7.60. The van der Waals surface area contributed by atoms with E-state index in [1.165, 1.54) is 24.8 Å². The average Bonchev–Trinajstić information content (AvgIpc) is 3.25. The zero-order valence-corrected chi connectivity index (χ0v) is 18.7. The van der Waals surface area contributed by atoms with Crippen molar-refractivity contribution in [3.63, 3.8) is 0 Å². The van der Waals surface area contributed by atoms with Gasteiger partial charge >= 0.3 is 5.97 Å². The van der Waals surface area contributed by atoms with E-state index in [9.17, 15) is 19.1 Å². The fraction of sp³-hybridized carbons (Fsp3) is 0.462. The van der Waals surface area contributed by atoms with Gasteiger partial charge in [-0.1, -0.05) is 24.3 Å². The van der Waals surface area contributed by atoms with Crippen LogP contribution in [0, 0.1) is 11.2 Å². The van der Waals surface area contributed by atoms with Crippen LogP contribution >= 0.6 is 0 Å². The summed E-state index contributed by atoms with van der Waals surface area (Å²) in [4.78, 5) is 26.0. The number of ether oxygens (including phenoxy) is 2. The van der Waals surface area contributed by atoms with Crippen LogP contribution in [0.4, 0.5) is 4.39 Å².